The number of rotatable bonds is 7. The Balaban J connectivity index is 1.52. The van der Waals surface area contributed by atoms with Gasteiger partial charge in [0.2, 0.25) is 0 Å². The van der Waals surface area contributed by atoms with Crippen LogP contribution in [0, 0.1) is 17.8 Å². The van der Waals surface area contributed by atoms with Crippen LogP contribution in [0.1, 0.15) is 46.0 Å². The van der Waals surface area contributed by atoms with Crippen LogP contribution in [-0.2, 0) is 4.74 Å². The largest absolute Gasteiger partial charge is 0.389 e. The average Bonchev–Trinajstić information content (AvgIpc) is 3.04. The van der Waals surface area contributed by atoms with Gasteiger partial charge in [-0.1, -0.05) is 26.7 Å². The summed E-state index contributed by atoms with van der Waals surface area (Å²) in [5.74, 6) is 2.39. The smallest absolute Gasteiger partial charge is 0.0897 e. The molecule has 18 heavy (non-hydrogen) atoms. The normalized spacial score (nSPS) is 37.5. The van der Waals surface area contributed by atoms with Crippen LogP contribution in [-0.4, -0.2) is 37.0 Å². The maximum absolute atomic E-state index is 9.88. The van der Waals surface area contributed by atoms with Crippen molar-refractivity contribution in [2.75, 3.05) is 19.7 Å². The number of aliphatic hydroxyl groups is 1. The van der Waals surface area contributed by atoms with E-state index < -0.39 is 0 Å². The predicted octanol–water partition coefficient (Wildman–Crippen LogP) is 2.19. The average molecular weight is 255 g/mol. The zero-order chi connectivity index (χ0) is 13.0. The Morgan fingerprint density at radius 3 is 2.61 bits per heavy atom. The summed E-state index contributed by atoms with van der Waals surface area (Å²) in [5.41, 5.74) is 0. The van der Waals surface area contributed by atoms with Gasteiger partial charge in [-0.05, 0) is 43.6 Å². The fourth-order valence-electron chi connectivity index (χ4n) is 2.94. The second-order valence-corrected chi connectivity index (χ2v) is 6.42. The highest BCUT2D eigenvalue weighted by Gasteiger charge is 2.31. The molecule has 0 heterocycles. The van der Waals surface area contributed by atoms with Gasteiger partial charge in [0.1, 0.15) is 0 Å². The lowest BCUT2D eigenvalue weighted by Crippen LogP contribution is -2.35. The van der Waals surface area contributed by atoms with Crippen LogP contribution in [0.2, 0.25) is 0 Å². The van der Waals surface area contributed by atoms with E-state index in [-0.39, 0.29) is 6.10 Å². The van der Waals surface area contributed by atoms with Crippen LogP contribution in [0.25, 0.3) is 0 Å². The van der Waals surface area contributed by atoms with Crippen molar-refractivity contribution in [2.45, 2.75) is 58.2 Å². The molecule has 106 valence electrons. The van der Waals surface area contributed by atoms with Gasteiger partial charge in [0, 0.05) is 6.54 Å². The minimum absolute atomic E-state index is 0.354. The van der Waals surface area contributed by atoms with Crippen molar-refractivity contribution in [3.05, 3.63) is 0 Å². The summed E-state index contributed by atoms with van der Waals surface area (Å²) in [7, 11) is 0. The predicted molar refractivity (Wildman–Crippen MR) is 73.5 cm³/mol. The molecule has 0 aromatic heterocycles. The van der Waals surface area contributed by atoms with Gasteiger partial charge in [0.15, 0.2) is 0 Å². The van der Waals surface area contributed by atoms with E-state index in [0.29, 0.717) is 25.2 Å². The molecule has 2 fully saturated rings. The van der Waals surface area contributed by atoms with Crippen LogP contribution in [0.15, 0.2) is 0 Å². The molecule has 5 unspecified atom stereocenters. The van der Waals surface area contributed by atoms with E-state index in [2.05, 4.69) is 19.2 Å². The van der Waals surface area contributed by atoms with Crippen LogP contribution >= 0.6 is 0 Å². The van der Waals surface area contributed by atoms with Gasteiger partial charge in [-0.25, -0.2) is 0 Å². The van der Waals surface area contributed by atoms with E-state index in [1.54, 1.807) is 0 Å². The SMILES string of the molecule is CC1CC1CNCC(O)COC1CCCCC1C. The fourth-order valence-corrected chi connectivity index (χ4v) is 2.94. The lowest BCUT2D eigenvalue weighted by atomic mass is 9.88. The molecule has 0 aromatic rings. The first-order valence-corrected chi connectivity index (χ1v) is 7.67. The number of aliphatic hydroxyl groups excluding tert-OH is 1. The Morgan fingerprint density at radius 1 is 1.22 bits per heavy atom. The molecule has 0 aromatic carbocycles. The van der Waals surface area contributed by atoms with Gasteiger partial charge in [0.05, 0.1) is 18.8 Å². The van der Waals surface area contributed by atoms with Crippen LogP contribution in [0.3, 0.4) is 0 Å². The third kappa shape index (κ3) is 4.52. The second-order valence-electron chi connectivity index (χ2n) is 6.42. The van der Waals surface area contributed by atoms with Crippen molar-refractivity contribution in [1.29, 1.82) is 0 Å². The summed E-state index contributed by atoms with van der Waals surface area (Å²) in [4.78, 5) is 0. The van der Waals surface area contributed by atoms with Crippen molar-refractivity contribution < 1.29 is 9.84 Å². The molecule has 2 rings (SSSR count). The van der Waals surface area contributed by atoms with Crippen molar-refractivity contribution >= 4 is 0 Å². The van der Waals surface area contributed by atoms with Crippen molar-refractivity contribution in [3.8, 4) is 0 Å². The minimum Gasteiger partial charge on any atom is -0.389 e. The second kappa shape index (κ2) is 6.88. The fraction of sp³-hybridized carbons (Fsp3) is 1.00. The van der Waals surface area contributed by atoms with Gasteiger partial charge in [0.25, 0.3) is 0 Å². The van der Waals surface area contributed by atoms with Crippen molar-refractivity contribution in [1.82, 2.24) is 5.32 Å². The summed E-state index contributed by atoms with van der Waals surface area (Å²) < 4.78 is 5.86. The van der Waals surface area contributed by atoms with Gasteiger partial charge in [-0.3, -0.25) is 0 Å². The summed E-state index contributed by atoms with van der Waals surface area (Å²) in [5, 5.41) is 13.2. The molecule has 2 aliphatic rings. The molecule has 0 radical (unpaired) electrons. The van der Waals surface area contributed by atoms with Gasteiger partial charge < -0.3 is 15.2 Å². The molecule has 0 spiro atoms. The highest BCUT2D eigenvalue weighted by Crippen LogP contribution is 2.36. The van der Waals surface area contributed by atoms with Gasteiger partial charge >= 0.3 is 0 Å². The third-order valence-corrected chi connectivity index (χ3v) is 4.60. The molecule has 3 heteroatoms. The number of nitrogens with one attached hydrogen (secondary N) is 1. The Bertz CT molecular complexity index is 247. The lowest BCUT2D eigenvalue weighted by Gasteiger charge is -2.29. The molecular formula is C15H29NO2. The van der Waals surface area contributed by atoms with E-state index in [9.17, 15) is 5.11 Å². The number of hydrogen-bond donors (Lipinski definition) is 2. The van der Waals surface area contributed by atoms with Crippen LogP contribution in [0.4, 0.5) is 0 Å². The minimum atomic E-state index is -0.354. The topological polar surface area (TPSA) is 41.5 Å². The zero-order valence-corrected chi connectivity index (χ0v) is 11.9. The van der Waals surface area contributed by atoms with E-state index in [4.69, 9.17) is 4.74 Å². The zero-order valence-electron chi connectivity index (χ0n) is 11.9. The Kier molecular flexibility index (Phi) is 5.46. The lowest BCUT2D eigenvalue weighted by molar-refractivity contribution is -0.0451. The monoisotopic (exact) mass is 255 g/mol. The Labute approximate surface area is 111 Å². The maximum atomic E-state index is 9.88. The third-order valence-electron chi connectivity index (χ3n) is 4.60. The molecule has 0 saturated heterocycles. The van der Waals surface area contributed by atoms with Crippen molar-refractivity contribution in [2.24, 2.45) is 17.8 Å². The van der Waals surface area contributed by atoms with Gasteiger partial charge in [-0.15, -0.1) is 0 Å². The molecule has 2 saturated carbocycles. The molecule has 2 aliphatic carbocycles. The molecule has 0 aliphatic heterocycles. The molecule has 3 nitrogen and oxygen atoms in total. The van der Waals surface area contributed by atoms with Crippen LogP contribution in [0.5, 0.6) is 0 Å². The summed E-state index contributed by atoms with van der Waals surface area (Å²) in [6, 6.07) is 0. The molecular weight excluding hydrogens is 226 g/mol. The van der Waals surface area contributed by atoms with E-state index in [0.717, 1.165) is 18.4 Å². The van der Waals surface area contributed by atoms with Crippen molar-refractivity contribution in [3.63, 3.8) is 0 Å². The van der Waals surface area contributed by atoms with Gasteiger partial charge in [-0.2, -0.15) is 0 Å². The molecule has 5 atom stereocenters. The summed E-state index contributed by atoms with van der Waals surface area (Å²) >= 11 is 0. The first-order valence-electron chi connectivity index (χ1n) is 7.67. The number of ether oxygens (including phenoxy) is 1. The standard InChI is InChI=1S/C15H29NO2/c1-11-5-3-4-6-15(11)18-10-14(17)9-16-8-13-7-12(13)2/h11-17H,3-10H2,1-2H3. The summed E-state index contributed by atoms with van der Waals surface area (Å²) in [6.07, 6.45) is 6.43. The first kappa shape index (κ1) is 14.3. The highest BCUT2D eigenvalue weighted by molar-refractivity contribution is 4.84. The maximum Gasteiger partial charge on any atom is 0.0897 e. The van der Waals surface area contributed by atoms with E-state index in [1.807, 2.05) is 0 Å². The van der Waals surface area contributed by atoms with E-state index in [1.165, 1.54) is 32.1 Å². The highest BCUT2D eigenvalue weighted by atomic mass is 16.5. The first-order chi connectivity index (χ1) is 8.66. The number of hydrogen-bond acceptors (Lipinski definition) is 3. The van der Waals surface area contributed by atoms with E-state index >= 15 is 0 Å². The quantitative estimate of drug-likeness (QED) is 0.733. The Morgan fingerprint density at radius 2 is 1.94 bits per heavy atom. The van der Waals surface area contributed by atoms with Crippen LogP contribution < -0.4 is 5.32 Å². The molecule has 0 amide bonds. The summed E-state index contributed by atoms with van der Waals surface area (Å²) in [6.45, 7) is 6.77. The molecule has 2 N–H and O–H groups in total. The molecule has 0 bridgehead atoms. The Hall–Kier alpha value is -0.120.